The van der Waals surface area contributed by atoms with E-state index in [2.05, 4.69) is 20.9 Å². The van der Waals surface area contributed by atoms with E-state index in [9.17, 15) is 0 Å². The van der Waals surface area contributed by atoms with Crippen LogP contribution in [0.25, 0.3) is 0 Å². The largest absolute Gasteiger partial charge is 0.468 e. The third-order valence-electron chi connectivity index (χ3n) is 1.66. The van der Waals surface area contributed by atoms with E-state index in [1.165, 1.54) is 0 Å². The Hall–Kier alpha value is -0.320. The van der Waals surface area contributed by atoms with E-state index in [1.807, 2.05) is 0 Å². The minimum absolute atomic E-state index is 0.103. The minimum Gasteiger partial charge on any atom is -0.468 e. The van der Waals surface area contributed by atoms with Crippen molar-refractivity contribution < 1.29 is 9.47 Å². The summed E-state index contributed by atoms with van der Waals surface area (Å²) in [7, 11) is 0. The molecule has 0 amide bonds. The van der Waals surface area contributed by atoms with Gasteiger partial charge in [0.2, 0.25) is 5.88 Å². The lowest BCUT2D eigenvalue weighted by Crippen LogP contribution is -2.38. The Morgan fingerprint density at radius 2 is 2.38 bits per heavy atom. The fourth-order valence-electron chi connectivity index (χ4n) is 0.929. The highest BCUT2D eigenvalue weighted by molar-refractivity contribution is 9.10. The molecule has 0 atom stereocenters. The molecular formula is C8H7BrClNO2. The van der Waals surface area contributed by atoms with Gasteiger partial charge in [-0.15, -0.1) is 0 Å². The Labute approximate surface area is 89.1 Å². The average molecular weight is 265 g/mol. The van der Waals surface area contributed by atoms with Crippen molar-refractivity contribution in [1.82, 2.24) is 4.98 Å². The summed E-state index contributed by atoms with van der Waals surface area (Å²) >= 11 is 9.16. The fraction of sp³-hybridized carbons (Fsp3) is 0.375. The van der Waals surface area contributed by atoms with E-state index in [-0.39, 0.29) is 6.10 Å². The molecule has 1 aromatic rings. The van der Waals surface area contributed by atoms with Crippen LogP contribution >= 0.6 is 27.5 Å². The molecule has 1 saturated heterocycles. The van der Waals surface area contributed by atoms with E-state index in [1.54, 1.807) is 12.3 Å². The second kappa shape index (κ2) is 3.82. The van der Waals surface area contributed by atoms with Gasteiger partial charge in [-0.25, -0.2) is 4.98 Å². The van der Waals surface area contributed by atoms with E-state index < -0.39 is 0 Å². The van der Waals surface area contributed by atoms with Crippen LogP contribution in [-0.4, -0.2) is 24.3 Å². The van der Waals surface area contributed by atoms with Gasteiger partial charge in [0.15, 0.2) is 0 Å². The van der Waals surface area contributed by atoms with Crippen LogP contribution in [0.2, 0.25) is 5.02 Å². The second-order valence-corrected chi connectivity index (χ2v) is 4.04. The number of rotatable bonds is 2. The summed E-state index contributed by atoms with van der Waals surface area (Å²) < 4.78 is 11.3. The van der Waals surface area contributed by atoms with Gasteiger partial charge in [0.1, 0.15) is 11.1 Å². The van der Waals surface area contributed by atoms with Crippen LogP contribution in [0.3, 0.4) is 0 Å². The Bertz CT molecular complexity index is 317. The van der Waals surface area contributed by atoms with Crippen molar-refractivity contribution >= 4 is 27.5 Å². The molecule has 5 heteroatoms. The molecule has 0 N–H and O–H groups in total. The summed E-state index contributed by atoms with van der Waals surface area (Å²) in [5.74, 6) is 0.471. The highest BCUT2D eigenvalue weighted by Crippen LogP contribution is 2.26. The van der Waals surface area contributed by atoms with Gasteiger partial charge < -0.3 is 9.47 Å². The Morgan fingerprint density at radius 3 is 2.92 bits per heavy atom. The molecule has 13 heavy (non-hydrogen) atoms. The lowest BCUT2D eigenvalue weighted by Gasteiger charge is -2.26. The molecule has 2 rings (SSSR count). The molecule has 3 nitrogen and oxygen atoms in total. The van der Waals surface area contributed by atoms with Crippen LogP contribution in [0.1, 0.15) is 0 Å². The van der Waals surface area contributed by atoms with E-state index >= 15 is 0 Å². The Balaban J connectivity index is 2.10. The van der Waals surface area contributed by atoms with Crippen molar-refractivity contribution in [2.45, 2.75) is 6.10 Å². The SMILES string of the molecule is Clc1cc(Br)cnc1OC1COC1. The quantitative estimate of drug-likeness (QED) is 0.821. The molecule has 0 bridgehead atoms. The molecule has 0 aromatic carbocycles. The number of hydrogen-bond acceptors (Lipinski definition) is 3. The smallest absolute Gasteiger partial charge is 0.233 e. The molecule has 0 unspecified atom stereocenters. The maximum Gasteiger partial charge on any atom is 0.233 e. The molecule has 1 aromatic heterocycles. The lowest BCUT2D eigenvalue weighted by atomic mass is 10.3. The predicted octanol–water partition coefficient (Wildman–Crippen LogP) is 2.28. The monoisotopic (exact) mass is 263 g/mol. The first-order valence-corrected chi connectivity index (χ1v) is 4.98. The van der Waals surface area contributed by atoms with Gasteiger partial charge in [-0.3, -0.25) is 0 Å². The van der Waals surface area contributed by atoms with Crippen molar-refractivity contribution in [1.29, 1.82) is 0 Å². The van der Waals surface area contributed by atoms with E-state index in [0.29, 0.717) is 24.1 Å². The maximum absolute atomic E-state index is 5.90. The van der Waals surface area contributed by atoms with Crippen molar-refractivity contribution in [2.75, 3.05) is 13.2 Å². The van der Waals surface area contributed by atoms with Gasteiger partial charge in [0.25, 0.3) is 0 Å². The van der Waals surface area contributed by atoms with Gasteiger partial charge in [-0.1, -0.05) is 11.6 Å². The number of nitrogens with zero attached hydrogens (tertiary/aromatic N) is 1. The summed E-state index contributed by atoms with van der Waals surface area (Å²) in [4.78, 5) is 4.04. The Morgan fingerprint density at radius 1 is 1.62 bits per heavy atom. The summed E-state index contributed by atoms with van der Waals surface area (Å²) in [5, 5.41) is 0.515. The third kappa shape index (κ3) is 2.13. The van der Waals surface area contributed by atoms with Crippen molar-refractivity contribution in [3.05, 3.63) is 21.8 Å². The summed E-state index contributed by atoms with van der Waals surface area (Å²) in [6, 6.07) is 1.75. The first-order chi connectivity index (χ1) is 6.25. The van der Waals surface area contributed by atoms with Gasteiger partial charge >= 0.3 is 0 Å². The highest BCUT2D eigenvalue weighted by atomic mass is 79.9. The molecule has 0 saturated carbocycles. The number of halogens is 2. The molecule has 0 aliphatic carbocycles. The first-order valence-electron chi connectivity index (χ1n) is 3.81. The third-order valence-corrected chi connectivity index (χ3v) is 2.36. The lowest BCUT2D eigenvalue weighted by molar-refractivity contribution is -0.0813. The number of aromatic nitrogens is 1. The van der Waals surface area contributed by atoms with Gasteiger partial charge in [-0.05, 0) is 22.0 Å². The van der Waals surface area contributed by atoms with E-state index in [0.717, 1.165) is 4.47 Å². The zero-order chi connectivity index (χ0) is 9.26. The van der Waals surface area contributed by atoms with Crippen LogP contribution in [0.4, 0.5) is 0 Å². The maximum atomic E-state index is 5.90. The molecule has 1 aliphatic heterocycles. The summed E-state index contributed by atoms with van der Waals surface area (Å²) in [6.45, 7) is 1.24. The molecule has 0 radical (unpaired) electrons. The van der Waals surface area contributed by atoms with E-state index in [4.69, 9.17) is 21.1 Å². The van der Waals surface area contributed by atoms with Crippen LogP contribution < -0.4 is 4.74 Å². The summed E-state index contributed by atoms with van der Waals surface area (Å²) in [5.41, 5.74) is 0. The number of pyridine rings is 1. The minimum atomic E-state index is 0.103. The van der Waals surface area contributed by atoms with Crippen LogP contribution in [0.15, 0.2) is 16.7 Å². The normalized spacial score (nSPS) is 16.8. The van der Waals surface area contributed by atoms with Crippen LogP contribution in [0, 0.1) is 0 Å². The molecule has 1 fully saturated rings. The first kappa shape index (κ1) is 9.24. The average Bonchev–Trinajstić information content (AvgIpc) is 1.99. The Kier molecular flexibility index (Phi) is 2.71. The second-order valence-electron chi connectivity index (χ2n) is 2.72. The zero-order valence-electron chi connectivity index (χ0n) is 6.67. The van der Waals surface area contributed by atoms with Gasteiger partial charge in [-0.2, -0.15) is 0 Å². The zero-order valence-corrected chi connectivity index (χ0v) is 9.01. The predicted molar refractivity (Wildman–Crippen MR) is 52.2 cm³/mol. The molecule has 70 valence electrons. The highest BCUT2D eigenvalue weighted by Gasteiger charge is 2.21. The van der Waals surface area contributed by atoms with Crippen molar-refractivity contribution in [3.8, 4) is 5.88 Å². The molecule has 1 aliphatic rings. The van der Waals surface area contributed by atoms with Crippen molar-refractivity contribution in [2.24, 2.45) is 0 Å². The number of hydrogen-bond donors (Lipinski definition) is 0. The van der Waals surface area contributed by atoms with Gasteiger partial charge in [0, 0.05) is 10.7 Å². The molecule has 2 heterocycles. The summed E-state index contributed by atoms with van der Waals surface area (Å²) in [6.07, 6.45) is 1.76. The van der Waals surface area contributed by atoms with Crippen LogP contribution in [-0.2, 0) is 4.74 Å². The van der Waals surface area contributed by atoms with Gasteiger partial charge in [0.05, 0.1) is 13.2 Å². The van der Waals surface area contributed by atoms with Crippen LogP contribution in [0.5, 0.6) is 5.88 Å². The number of ether oxygens (including phenoxy) is 2. The topological polar surface area (TPSA) is 31.4 Å². The standard InChI is InChI=1S/C8H7BrClNO2/c9-5-1-7(10)8(11-2-5)13-6-3-12-4-6/h1-2,6H,3-4H2. The van der Waals surface area contributed by atoms with Crippen molar-refractivity contribution in [3.63, 3.8) is 0 Å². The molecule has 0 spiro atoms. The molecular weight excluding hydrogens is 257 g/mol. The fourth-order valence-corrected chi connectivity index (χ4v) is 1.60.